The number of aryl methyl sites for hydroxylation is 1. The zero-order valence-electron chi connectivity index (χ0n) is 13.5. The highest BCUT2D eigenvalue weighted by molar-refractivity contribution is 7.92. The highest BCUT2D eigenvalue weighted by Gasteiger charge is 2.15. The van der Waals surface area contributed by atoms with E-state index in [0.29, 0.717) is 11.4 Å². The quantitative estimate of drug-likeness (QED) is 0.777. The van der Waals surface area contributed by atoms with Crippen LogP contribution in [0.25, 0.3) is 0 Å². The number of anilines is 1. The third-order valence-corrected chi connectivity index (χ3v) is 4.71. The Morgan fingerprint density at radius 3 is 2.38 bits per heavy atom. The Morgan fingerprint density at radius 2 is 1.75 bits per heavy atom. The van der Waals surface area contributed by atoms with E-state index in [2.05, 4.69) is 9.46 Å². The molecule has 0 aliphatic rings. The molecule has 7 heteroatoms. The summed E-state index contributed by atoms with van der Waals surface area (Å²) in [6, 6.07) is 13.1. The van der Waals surface area contributed by atoms with Gasteiger partial charge in [-0.3, -0.25) is 9.52 Å². The molecule has 6 nitrogen and oxygen atoms in total. The second-order valence-corrected chi connectivity index (χ2v) is 6.75. The fourth-order valence-electron chi connectivity index (χ4n) is 1.96. The van der Waals surface area contributed by atoms with Crippen LogP contribution in [0, 0.1) is 6.92 Å². The lowest BCUT2D eigenvalue weighted by molar-refractivity contribution is -0.141. The number of rotatable bonds is 7. The summed E-state index contributed by atoms with van der Waals surface area (Å²) in [5, 5.41) is 0. The molecule has 2 aromatic carbocycles. The van der Waals surface area contributed by atoms with Crippen molar-refractivity contribution in [3.05, 3.63) is 54.1 Å². The Bertz CT molecular complexity index is 800. The molecule has 1 N–H and O–H groups in total. The molecular formula is C17H19NO5S. The van der Waals surface area contributed by atoms with Crippen LogP contribution in [-0.4, -0.2) is 28.1 Å². The first-order chi connectivity index (χ1) is 11.4. The zero-order chi connectivity index (χ0) is 17.6. The van der Waals surface area contributed by atoms with Gasteiger partial charge in [-0.05, 0) is 42.8 Å². The molecule has 0 spiro atoms. The highest BCUT2D eigenvalue weighted by Crippen LogP contribution is 2.21. The average Bonchev–Trinajstić information content (AvgIpc) is 2.57. The fraction of sp³-hybridized carbons (Fsp3) is 0.235. The third kappa shape index (κ3) is 4.73. The molecule has 0 saturated heterocycles. The van der Waals surface area contributed by atoms with Gasteiger partial charge in [-0.2, -0.15) is 0 Å². The van der Waals surface area contributed by atoms with E-state index >= 15 is 0 Å². The van der Waals surface area contributed by atoms with Crippen LogP contribution in [0.1, 0.15) is 12.0 Å². The minimum atomic E-state index is -3.67. The summed E-state index contributed by atoms with van der Waals surface area (Å²) in [5.41, 5.74) is 1.37. The van der Waals surface area contributed by atoms with Crippen LogP contribution in [0.5, 0.6) is 5.75 Å². The number of methoxy groups -OCH3 is 1. The van der Waals surface area contributed by atoms with E-state index in [1.165, 1.54) is 19.2 Å². The Kier molecular flexibility index (Phi) is 5.81. The summed E-state index contributed by atoms with van der Waals surface area (Å²) >= 11 is 0. The van der Waals surface area contributed by atoms with Crippen LogP contribution in [0.2, 0.25) is 0 Å². The maximum absolute atomic E-state index is 12.4. The number of esters is 1. The predicted octanol–water partition coefficient (Wildman–Crippen LogP) is 2.74. The van der Waals surface area contributed by atoms with Crippen molar-refractivity contribution in [1.82, 2.24) is 0 Å². The topological polar surface area (TPSA) is 81.7 Å². The van der Waals surface area contributed by atoms with Gasteiger partial charge >= 0.3 is 5.97 Å². The van der Waals surface area contributed by atoms with Gasteiger partial charge in [-0.1, -0.05) is 18.2 Å². The lowest BCUT2D eigenvalue weighted by atomic mass is 10.2. The largest absolute Gasteiger partial charge is 0.493 e. The molecular weight excluding hydrogens is 330 g/mol. The van der Waals surface area contributed by atoms with Crippen molar-refractivity contribution in [3.8, 4) is 5.75 Å². The summed E-state index contributed by atoms with van der Waals surface area (Å²) in [6.45, 7) is 2.00. The van der Waals surface area contributed by atoms with Crippen molar-refractivity contribution in [2.24, 2.45) is 0 Å². The molecule has 0 aromatic heterocycles. The lowest BCUT2D eigenvalue weighted by Gasteiger charge is -2.11. The number of ether oxygens (including phenoxy) is 2. The van der Waals surface area contributed by atoms with Crippen LogP contribution >= 0.6 is 0 Å². The van der Waals surface area contributed by atoms with Gasteiger partial charge in [0.15, 0.2) is 0 Å². The third-order valence-electron chi connectivity index (χ3n) is 3.33. The van der Waals surface area contributed by atoms with E-state index in [-0.39, 0.29) is 23.9 Å². The molecule has 2 aromatic rings. The average molecular weight is 349 g/mol. The zero-order valence-corrected chi connectivity index (χ0v) is 14.3. The molecule has 0 saturated carbocycles. The normalized spacial score (nSPS) is 10.9. The summed E-state index contributed by atoms with van der Waals surface area (Å²) in [4.78, 5) is 11.1. The number of benzene rings is 2. The summed E-state index contributed by atoms with van der Waals surface area (Å²) in [5.74, 6) is 0.116. The molecule has 0 fully saturated rings. The van der Waals surface area contributed by atoms with Gasteiger partial charge < -0.3 is 9.47 Å². The van der Waals surface area contributed by atoms with E-state index in [1.807, 2.05) is 19.1 Å². The maximum atomic E-state index is 12.4. The summed E-state index contributed by atoms with van der Waals surface area (Å²) < 4.78 is 37.2. The van der Waals surface area contributed by atoms with Crippen LogP contribution < -0.4 is 9.46 Å². The molecule has 0 aliphatic carbocycles. The first-order valence-electron chi connectivity index (χ1n) is 7.30. The summed E-state index contributed by atoms with van der Waals surface area (Å²) in [6.07, 6.45) is 0.130. The number of hydrogen-bond acceptors (Lipinski definition) is 5. The van der Waals surface area contributed by atoms with Crippen molar-refractivity contribution in [2.75, 3.05) is 18.4 Å². The van der Waals surface area contributed by atoms with Crippen molar-refractivity contribution in [2.45, 2.75) is 18.2 Å². The van der Waals surface area contributed by atoms with Gasteiger partial charge in [0, 0.05) is 0 Å². The number of sulfonamides is 1. The van der Waals surface area contributed by atoms with E-state index in [1.54, 1.807) is 24.3 Å². The van der Waals surface area contributed by atoms with Gasteiger partial charge in [0.05, 0.1) is 30.7 Å². The second kappa shape index (κ2) is 7.83. The molecule has 128 valence electrons. The Morgan fingerprint density at radius 1 is 1.08 bits per heavy atom. The second-order valence-electron chi connectivity index (χ2n) is 5.07. The molecule has 0 radical (unpaired) electrons. The number of carbonyl (C=O) groups is 1. The molecule has 0 bridgehead atoms. The molecule has 0 unspecified atom stereocenters. The Balaban J connectivity index is 2.04. The van der Waals surface area contributed by atoms with Crippen LogP contribution in [0.15, 0.2) is 53.4 Å². The van der Waals surface area contributed by atoms with Crippen molar-refractivity contribution in [1.29, 1.82) is 0 Å². The first-order valence-corrected chi connectivity index (χ1v) is 8.79. The van der Waals surface area contributed by atoms with E-state index < -0.39 is 10.0 Å². The van der Waals surface area contributed by atoms with Crippen molar-refractivity contribution < 1.29 is 22.7 Å². The van der Waals surface area contributed by atoms with Crippen LogP contribution in [-0.2, 0) is 19.6 Å². The highest BCUT2D eigenvalue weighted by atomic mass is 32.2. The SMILES string of the molecule is COC(=O)CCOc1ccc(S(=O)(=O)Nc2ccccc2C)cc1. The Labute approximate surface area is 141 Å². The number of para-hydroxylation sites is 1. The van der Waals surface area contributed by atoms with E-state index in [4.69, 9.17) is 4.74 Å². The molecule has 2 rings (SSSR count). The number of nitrogens with one attached hydrogen (secondary N) is 1. The van der Waals surface area contributed by atoms with Crippen LogP contribution in [0.3, 0.4) is 0 Å². The van der Waals surface area contributed by atoms with Gasteiger partial charge in [-0.25, -0.2) is 8.42 Å². The van der Waals surface area contributed by atoms with Gasteiger partial charge in [0.1, 0.15) is 5.75 Å². The smallest absolute Gasteiger partial charge is 0.308 e. The molecule has 24 heavy (non-hydrogen) atoms. The molecule has 0 amide bonds. The van der Waals surface area contributed by atoms with E-state index in [0.717, 1.165) is 5.56 Å². The van der Waals surface area contributed by atoms with Gasteiger partial charge in [0.25, 0.3) is 10.0 Å². The summed E-state index contributed by atoms with van der Waals surface area (Å²) in [7, 11) is -2.36. The number of hydrogen-bond donors (Lipinski definition) is 1. The fourth-order valence-corrected chi connectivity index (χ4v) is 3.09. The standard InChI is InChI=1S/C17H19NO5S/c1-13-5-3-4-6-16(13)18-24(20,21)15-9-7-14(8-10-15)23-12-11-17(19)22-2/h3-10,18H,11-12H2,1-2H3. The van der Waals surface area contributed by atoms with Crippen LogP contribution in [0.4, 0.5) is 5.69 Å². The van der Waals surface area contributed by atoms with Gasteiger partial charge in [-0.15, -0.1) is 0 Å². The maximum Gasteiger partial charge on any atom is 0.308 e. The minimum Gasteiger partial charge on any atom is -0.493 e. The lowest BCUT2D eigenvalue weighted by Crippen LogP contribution is -2.13. The van der Waals surface area contributed by atoms with Crippen molar-refractivity contribution in [3.63, 3.8) is 0 Å². The molecule has 0 aliphatic heterocycles. The minimum absolute atomic E-state index is 0.130. The van der Waals surface area contributed by atoms with Crippen molar-refractivity contribution >= 4 is 21.7 Å². The molecule has 0 heterocycles. The predicted molar refractivity (Wildman–Crippen MR) is 90.6 cm³/mol. The molecule has 0 atom stereocenters. The number of carbonyl (C=O) groups excluding carboxylic acids is 1. The monoisotopic (exact) mass is 349 g/mol. The van der Waals surface area contributed by atoms with E-state index in [9.17, 15) is 13.2 Å². The Hall–Kier alpha value is -2.54. The van der Waals surface area contributed by atoms with Gasteiger partial charge in [0.2, 0.25) is 0 Å². The first kappa shape index (κ1) is 17.8.